The molecule has 0 spiro atoms. The number of carbonyl (C=O) groups is 3. The number of anilines is 2. The largest absolute Gasteiger partial charge is 0.478 e. The van der Waals surface area contributed by atoms with E-state index >= 15 is 0 Å². The van der Waals surface area contributed by atoms with E-state index in [0.717, 1.165) is 0 Å². The van der Waals surface area contributed by atoms with Crippen molar-refractivity contribution in [2.45, 2.75) is 6.92 Å². The lowest BCUT2D eigenvalue weighted by Gasteiger charge is -2.10. The van der Waals surface area contributed by atoms with Gasteiger partial charge in [-0.25, -0.2) is 4.79 Å². The average Bonchev–Trinajstić information content (AvgIpc) is 2.30. The number of amides is 2. The third kappa shape index (κ3) is 4.40. The Bertz CT molecular complexity index is 513. The van der Waals surface area contributed by atoms with Crippen LogP contribution < -0.4 is 10.6 Å². The van der Waals surface area contributed by atoms with Crippen LogP contribution in [0.2, 0.25) is 0 Å². The minimum Gasteiger partial charge on any atom is -0.478 e. The Labute approximate surface area is 109 Å². The fourth-order valence-corrected chi connectivity index (χ4v) is 1.43. The zero-order valence-electron chi connectivity index (χ0n) is 10.5. The van der Waals surface area contributed by atoms with Gasteiger partial charge in [-0.2, -0.15) is 0 Å². The van der Waals surface area contributed by atoms with Gasteiger partial charge in [0.05, 0.1) is 11.3 Å². The van der Waals surface area contributed by atoms with Gasteiger partial charge in [0, 0.05) is 19.7 Å². The first kappa shape index (κ1) is 14.7. The summed E-state index contributed by atoms with van der Waals surface area (Å²) in [6.45, 7) is 1.14. The number of hydrogen-bond acceptors (Lipinski definition) is 4. The maximum absolute atomic E-state index is 11.4. The number of carboxylic acid groups (broad SMARTS) is 1. The number of methoxy groups -OCH3 is 1. The highest BCUT2D eigenvalue weighted by Crippen LogP contribution is 2.20. The Morgan fingerprint density at radius 3 is 2.47 bits per heavy atom. The average molecular weight is 266 g/mol. The topological polar surface area (TPSA) is 105 Å². The molecule has 102 valence electrons. The molecule has 0 saturated heterocycles. The number of nitrogens with one attached hydrogen (secondary N) is 2. The Balaban J connectivity index is 3.01. The van der Waals surface area contributed by atoms with E-state index in [-0.39, 0.29) is 23.8 Å². The number of hydrogen-bond donors (Lipinski definition) is 3. The van der Waals surface area contributed by atoms with E-state index in [1.54, 1.807) is 0 Å². The van der Waals surface area contributed by atoms with Crippen molar-refractivity contribution in [2.75, 3.05) is 24.4 Å². The molecular formula is C12H14N2O5. The van der Waals surface area contributed by atoms with Gasteiger partial charge in [-0.1, -0.05) is 0 Å². The van der Waals surface area contributed by atoms with Gasteiger partial charge in [-0.3, -0.25) is 9.59 Å². The molecule has 0 aliphatic heterocycles. The summed E-state index contributed by atoms with van der Waals surface area (Å²) in [6, 6.07) is 4.17. The smallest absolute Gasteiger partial charge is 0.337 e. The van der Waals surface area contributed by atoms with Crippen molar-refractivity contribution in [3.05, 3.63) is 23.8 Å². The number of carboxylic acids is 1. The van der Waals surface area contributed by atoms with Crippen LogP contribution in [-0.2, 0) is 14.3 Å². The van der Waals surface area contributed by atoms with Crippen LogP contribution in [0.3, 0.4) is 0 Å². The normalized spacial score (nSPS) is 9.79. The molecule has 1 aromatic carbocycles. The van der Waals surface area contributed by atoms with Crippen molar-refractivity contribution >= 4 is 29.2 Å². The molecule has 7 heteroatoms. The van der Waals surface area contributed by atoms with Crippen molar-refractivity contribution in [1.82, 2.24) is 0 Å². The van der Waals surface area contributed by atoms with Crippen LogP contribution in [0, 0.1) is 0 Å². The molecule has 0 radical (unpaired) electrons. The minimum atomic E-state index is -1.21. The van der Waals surface area contributed by atoms with E-state index in [4.69, 9.17) is 5.11 Å². The lowest BCUT2D eigenvalue weighted by Crippen LogP contribution is -2.19. The SMILES string of the molecule is COCC(=O)Nc1ccc(NC(C)=O)cc1C(=O)O. The highest BCUT2D eigenvalue weighted by Gasteiger charge is 2.13. The third-order valence-electron chi connectivity index (χ3n) is 2.12. The van der Waals surface area contributed by atoms with Crippen LogP contribution in [0.5, 0.6) is 0 Å². The second kappa shape index (κ2) is 6.50. The van der Waals surface area contributed by atoms with Crippen LogP contribution in [0.1, 0.15) is 17.3 Å². The zero-order chi connectivity index (χ0) is 14.4. The predicted molar refractivity (Wildman–Crippen MR) is 68.2 cm³/mol. The summed E-state index contributed by atoms with van der Waals surface area (Å²) in [5.74, 6) is -1.98. The van der Waals surface area contributed by atoms with Crippen molar-refractivity contribution in [3.8, 4) is 0 Å². The Hall–Kier alpha value is -2.41. The molecule has 7 nitrogen and oxygen atoms in total. The number of benzene rings is 1. The first-order chi connectivity index (χ1) is 8.93. The molecule has 2 amide bonds. The Kier molecular flexibility index (Phi) is 5.01. The first-order valence-electron chi connectivity index (χ1n) is 5.37. The van der Waals surface area contributed by atoms with Crippen LogP contribution >= 0.6 is 0 Å². The maximum Gasteiger partial charge on any atom is 0.337 e. The summed E-state index contributed by atoms with van der Waals surface area (Å²) >= 11 is 0. The molecule has 1 rings (SSSR count). The fraction of sp³-hybridized carbons (Fsp3) is 0.250. The van der Waals surface area contributed by atoms with Gasteiger partial charge < -0.3 is 20.5 Å². The van der Waals surface area contributed by atoms with Crippen molar-refractivity contribution in [3.63, 3.8) is 0 Å². The molecule has 0 aliphatic carbocycles. The monoisotopic (exact) mass is 266 g/mol. The van der Waals surface area contributed by atoms with E-state index in [0.29, 0.717) is 5.69 Å². The fourth-order valence-electron chi connectivity index (χ4n) is 1.43. The van der Waals surface area contributed by atoms with Gasteiger partial charge in [-0.15, -0.1) is 0 Å². The Morgan fingerprint density at radius 2 is 1.95 bits per heavy atom. The standard InChI is InChI=1S/C12H14N2O5/c1-7(15)13-8-3-4-10(9(5-8)12(17)18)14-11(16)6-19-2/h3-5H,6H2,1-2H3,(H,13,15)(H,14,16)(H,17,18). The van der Waals surface area contributed by atoms with Gasteiger partial charge in [0.2, 0.25) is 11.8 Å². The summed E-state index contributed by atoms with van der Waals surface area (Å²) in [4.78, 5) is 33.4. The summed E-state index contributed by atoms with van der Waals surface area (Å²) in [7, 11) is 1.36. The number of rotatable bonds is 5. The number of carbonyl (C=O) groups excluding carboxylic acids is 2. The molecule has 0 unspecified atom stereocenters. The second-order valence-electron chi connectivity index (χ2n) is 3.73. The van der Waals surface area contributed by atoms with Crippen LogP contribution in [0.25, 0.3) is 0 Å². The van der Waals surface area contributed by atoms with Crippen molar-refractivity contribution in [2.24, 2.45) is 0 Å². The molecule has 1 aromatic rings. The van der Waals surface area contributed by atoms with Gasteiger partial charge in [0.15, 0.2) is 0 Å². The van der Waals surface area contributed by atoms with E-state index < -0.39 is 11.9 Å². The lowest BCUT2D eigenvalue weighted by atomic mass is 10.1. The van der Waals surface area contributed by atoms with Gasteiger partial charge in [0.25, 0.3) is 0 Å². The molecule has 0 atom stereocenters. The zero-order valence-corrected chi connectivity index (χ0v) is 10.5. The summed E-state index contributed by atoms with van der Waals surface area (Å²) < 4.78 is 4.64. The van der Waals surface area contributed by atoms with E-state index in [1.165, 1.54) is 32.2 Å². The third-order valence-corrected chi connectivity index (χ3v) is 2.12. The lowest BCUT2D eigenvalue weighted by molar-refractivity contribution is -0.119. The van der Waals surface area contributed by atoms with E-state index in [1.807, 2.05) is 0 Å². The summed E-state index contributed by atoms with van der Waals surface area (Å²) in [6.07, 6.45) is 0. The van der Waals surface area contributed by atoms with Crippen LogP contribution in [-0.4, -0.2) is 36.6 Å². The van der Waals surface area contributed by atoms with Gasteiger partial charge >= 0.3 is 5.97 Å². The van der Waals surface area contributed by atoms with Crippen LogP contribution in [0.15, 0.2) is 18.2 Å². The minimum absolute atomic E-state index is 0.115. The van der Waals surface area contributed by atoms with Crippen molar-refractivity contribution < 1.29 is 24.2 Å². The molecule has 19 heavy (non-hydrogen) atoms. The number of ether oxygens (including phenoxy) is 1. The molecule has 0 fully saturated rings. The maximum atomic E-state index is 11.4. The van der Waals surface area contributed by atoms with Gasteiger partial charge in [0.1, 0.15) is 6.61 Å². The van der Waals surface area contributed by atoms with Crippen LogP contribution in [0.4, 0.5) is 11.4 Å². The molecule has 0 aromatic heterocycles. The van der Waals surface area contributed by atoms with E-state index in [2.05, 4.69) is 15.4 Å². The molecule has 0 aliphatic rings. The first-order valence-corrected chi connectivity index (χ1v) is 5.37. The molecule has 0 saturated carbocycles. The highest BCUT2D eigenvalue weighted by molar-refractivity contribution is 6.02. The molecule has 3 N–H and O–H groups in total. The number of aromatic carboxylic acids is 1. The van der Waals surface area contributed by atoms with Gasteiger partial charge in [-0.05, 0) is 18.2 Å². The Morgan fingerprint density at radius 1 is 1.26 bits per heavy atom. The quantitative estimate of drug-likeness (QED) is 0.735. The molecule has 0 bridgehead atoms. The highest BCUT2D eigenvalue weighted by atomic mass is 16.5. The van der Waals surface area contributed by atoms with E-state index in [9.17, 15) is 14.4 Å². The second-order valence-corrected chi connectivity index (χ2v) is 3.73. The molecule has 0 heterocycles. The predicted octanol–water partition coefficient (Wildman–Crippen LogP) is 0.928. The summed E-state index contributed by atoms with van der Waals surface area (Å²) in [5, 5.41) is 14.0. The summed E-state index contributed by atoms with van der Waals surface area (Å²) in [5.41, 5.74) is 0.369. The van der Waals surface area contributed by atoms with Crippen molar-refractivity contribution in [1.29, 1.82) is 0 Å². The molecular weight excluding hydrogens is 252 g/mol.